The van der Waals surface area contributed by atoms with E-state index in [1.54, 1.807) is 13.1 Å². The molecule has 1 aliphatic heterocycles. The molecule has 0 saturated carbocycles. The molecule has 6 atom stereocenters. The summed E-state index contributed by atoms with van der Waals surface area (Å²) >= 11 is 0. The summed E-state index contributed by atoms with van der Waals surface area (Å²) in [6, 6.07) is -0.807. The molecule has 2 amide bonds. The van der Waals surface area contributed by atoms with Crippen LogP contribution in [-0.4, -0.2) is 102 Å². The molecule has 0 aromatic rings. The fraction of sp³-hybridized carbons (Fsp3) is 0.840. The van der Waals surface area contributed by atoms with E-state index in [0.29, 0.717) is 32.5 Å². The molecular weight excluding hydrogens is 454 g/mol. The highest BCUT2D eigenvalue weighted by Gasteiger charge is 2.38. The van der Waals surface area contributed by atoms with E-state index < -0.39 is 36.4 Å². The van der Waals surface area contributed by atoms with Crippen LogP contribution in [0.3, 0.4) is 0 Å². The maximum atomic E-state index is 12.9. The van der Waals surface area contributed by atoms with Gasteiger partial charge in [0.1, 0.15) is 24.4 Å². The number of hydrogen-bond donors (Lipinski definition) is 5. The molecular formula is C25H47N3O7. The van der Waals surface area contributed by atoms with Crippen molar-refractivity contribution in [3.63, 3.8) is 0 Å². The smallest absolute Gasteiger partial charge is 0.252 e. The molecule has 0 spiro atoms. The van der Waals surface area contributed by atoms with E-state index in [2.05, 4.69) is 5.32 Å². The molecule has 0 bridgehead atoms. The van der Waals surface area contributed by atoms with Gasteiger partial charge in [-0.3, -0.25) is 9.59 Å². The number of nitrogens with zero attached hydrogens (tertiary/aromatic N) is 1. The molecule has 0 aromatic carbocycles. The summed E-state index contributed by atoms with van der Waals surface area (Å²) in [5.74, 6) is -0.998. The number of carbonyl (C=O) groups excluding carboxylic acids is 2. The Morgan fingerprint density at radius 1 is 1.17 bits per heavy atom. The molecule has 1 unspecified atom stereocenters. The first-order valence-corrected chi connectivity index (χ1v) is 12.5. The van der Waals surface area contributed by atoms with Crippen molar-refractivity contribution in [3.05, 3.63) is 12.2 Å². The average Bonchev–Trinajstić information content (AvgIpc) is 2.92. The Bertz CT molecular complexity index is 668. The van der Waals surface area contributed by atoms with Crippen LogP contribution in [0.15, 0.2) is 12.2 Å². The van der Waals surface area contributed by atoms with E-state index >= 15 is 0 Å². The normalized spacial score (nSPS) is 23.1. The summed E-state index contributed by atoms with van der Waals surface area (Å²) in [6.45, 7) is 7.49. The molecule has 1 fully saturated rings. The zero-order chi connectivity index (χ0) is 26.6. The van der Waals surface area contributed by atoms with Crippen LogP contribution >= 0.6 is 0 Å². The molecule has 0 aliphatic carbocycles. The Morgan fingerprint density at radius 3 is 2.43 bits per heavy atom. The number of hydrogen-bond acceptors (Lipinski definition) is 8. The first-order valence-electron chi connectivity index (χ1n) is 12.5. The summed E-state index contributed by atoms with van der Waals surface area (Å²) in [6.07, 6.45) is 1.74. The van der Waals surface area contributed by atoms with E-state index in [0.717, 1.165) is 25.7 Å². The molecule has 1 heterocycles. The van der Waals surface area contributed by atoms with Gasteiger partial charge in [-0.1, -0.05) is 45.8 Å². The number of allylic oxidation sites excluding steroid dienone is 1. The fourth-order valence-electron chi connectivity index (χ4n) is 3.89. The Kier molecular flexibility index (Phi) is 14.0. The minimum absolute atomic E-state index is 0.129. The number of likely N-dealkylation sites (tertiary alicyclic amines) is 1. The third-order valence-corrected chi connectivity index (χ3v) is 6.01. The van der Waals surface area contributed by atoms with Crippen molar-refractivity contribution in [3.8, 4) is 0 Å². The van der Waals surface area contributed by atoms with Crippen molar-refractivity contribution in [1.82, 2.24) is 10.2 Å². The quantitative estimate of drug-likeness (QED) is 0.168. The van der Waals surface area contributed by atoms with Crippen LogP contribution in [-0.2, 0) is 19.1 Å². The number of aliphatic hydroxyl groups is 3. The van der Waals surface area contributed by atoms with Gasteiger partial charge in [-0.25, -0.2) is 0 Å². The highest BCUT2D eigenvalue weighted by molar-refractivity contribution is 5.89. The molecule has 1 aliphatic rings. The Balaban J connectivity index is 2.68. The van der Waals surface area contributed by atoms with Crippen molar-refractivity contribution in [1.29, 1.82) is 0 Å². The lowest BCUT2D eigenvalue weighted by Crippen LogP contribution is -2.55. The van der Waals surface area contributed by atoms with E-state index in [1.807, 2.05) is 20.8 Å². The maximum absolute atomic E-state index is 12.9. The van der Waals surface area contributed by atoms with Gasteiger partial charge in [0.25, 0.3) is 5.91 Å². The summed E-state index contributed by atoms with van der Waals surface area (Å²) < 4.78 is 11.1. The molecule has 1 saturated heterocycles. The third kappa shape index (κ3) is 11.4. The molecule has 10 nitrogen and oxygen atoms in total. The largest absolute Gasteiger partial charge is 0.387 e. The zero-order valence-corrected chi connectivity index (χ0v) is 22.0. The van der Waals surface area contributed by atoms with Crippen molar-refractivity contribution in [2.75, 3.05) is 33.9 Å². The van der Waals surface area contributed by atoms with Gasteiger partial charge in [-0.05, 0) is 37.6 Å². The highest BCUT2D eigenvalue weighted by atomic mass is 16.5. The Hall–Kier alpha value is -1.56. The number of methoxy groups -OCH3 is 1. The molecule has 204 valence electrons. The second-order valence-electron chi connectivity index (χ2n) is 10.4. The monoisotopic (exact) mass is 501 g/mol. The van der Waals surface area contributed by atoms with Gasteiger partial charge >= 0.3 is 0 Å². The topological polar surface area (TPSA) is 155 Å². The Labute approximate surface area is 209 Å². The second kappa shape index (κ2) is 15.5. The minimum atomic E-state index is -1.70. The van der Waals surface area contributed by atoms with Gasteiger partial charge in [-0.15, -0.1) is 0 Å². The third-order valence-electron chi connectivity index (χ3n) is 6.01. The van der Waals surface area contributed by atoms with Crippen LogP contribution in [0.2, 0.25) is 0 Å². The van der Waals surface area contributed by atoms with Gasteiger partial charge in [-0.2, -0.15) is 0 Å². The van der Waals surface area contributed by atoms with E-state index in [1.165, 1.54) is 18.1 Å². The molecule has 35 heavy (non-hydrogen) atoms. The number of likely N-dealkylation sites (N-methyl/N-ethyl adjacent to an activating group) is 1. The van der Waals surface area contributed by atoms with Gasteiger partial charge in [0.2, 0.25) is 5.91 Å². The number of ether oxygens (including phenoxy) is 2. The van der Waals surface area contributed by atoms with Crippen LogP contribution in [0.25, 0.3) is 0 Å². The second-order valence-corrected chi connectivity index (χ2v) is 10.4. The van der Waals surface area contributed by atoms with Crippen molar-refractivity contribution in [2.24, 2.45) is 11.1 Å². The van der Waals surface area contributed by atoms with Crippen molar-refractivity contribution in [2.45, 2.75) is 95.9 Å². The van der Waals surface area contributed by atoms with Gasteiger partial charge in [0.05, 0.1) is 6.10 Å². The summed E-state index contributed by atoms with van der Waals surface area (Å²) in [5, 5.41) is 33.7. The lowest BCUT2D eigenvalue weighted by Gasteiger charge is -2.29. The molecule has 10 heteroatoms. The van der Waals surface area contributed by atoms with Gasteiger partial charge in [0, 0.05) is 27.3 Å². The standard InChI is InChI=1S/C25H47N3O7/c1-25(2,3)13-12-19(29)20(30)21(31)22(34-5)23(32)27-18-11-10-17(16-28(4)24(18)33)35-15-9-7-6-8-14-26/h12-13,17-22,29-31H,6-11,14-16,26H2,1-5H3,(H,27,32)/b13-12+/t17-,18?,19-,20+,21+,22-/m1/s1. The number of nitrogens with two attached hydrogens (primary N) is 1. The van der Waals surface area contributed by atoms with Crippen LogP contribution in [0.1, 0.15) is 59.3 Å². The lowest BCUT2D eigenvalue weighted by atomic mass is 9.94. The summed E-state index contributed by atoms with van der Waals surface area (Å²) in [7, 11) is 2.88. The first kappa shape index (κ1) is 31.5. The predicted molar refractivity (Wildman–Crippen MR) is 133 cm³/mol. The van der Waals surface area contributed by atoms with Gasteiger partial charge < -0.3 is 40.7 Å². The number of carbonyl (C=O) groups is 2. The Morgan fingerprint density at radius 2 is 1.83 bits per heavy atom. The van der Waals surface area contributed by atoms with Crippen molar-refractivity contribution < 1.29 is 34.4 Å². The average molecular weight is 502 g/mol. The fourth-order valence-corrected chi connectivity index (χ4v) is 3.89. The number of amides is 2. The van der Waals surface area contributed by atoms with E-state index in [4.69, 9.17) is 15.2 Å². The van der Waals surface area contributed by atoms with Gasteiger partial charge in [0.15, 0.2) is 6.10 Å². The summed E-state index contributed by atoms with van der Waals surface area (Å²) in [4.78, 5) is 27.2. The van der Waals surface area contributed by atoms with Crippen LogP contribution in [0.5, 0.6) is 0 Å². The first-order chi connectivity index (χ1) is 16.4. The molecule has 6 N–H and O–H groups in total. The zero-order valence-electron chi connectivity index (χ0n) is 22.0. The number of unbranched alkanes of at least 4 members (excludes halogenated alkanes) is 3. The molecule has 0 aromatic heterocycles. The van der Waals surface area contributed by atoms with Crippen molar-refractivity contribution >= 4 is 11.8 Å². The number of aliphatic hydroxyl groups excluding tert-OH is 3. The summed E-state index contributed by atoms with van der Waals surface area (Å²) in [5.41, 5.74) is 5.27. The van der Waals surface area contributed by atoms with Crippen LogP contribution in [0, 0.1) is 5.41 Å². The predicted octanol–water partition coefficient (Wildman–Crippen LogP) is 0.328. The SMILES string of the molecule is CO[C@@H](C(=O)NC1CC[C@@H](OCCCCCCN)CN(C)C1=O)[C@@H](O)[C@@H](O)[C@H](O)/C=C/C(C)(C)C. The number of rotatable bonds is 14. The minimum Gasteiger partial charge on any atom is -0.387 e. The lowest BCUT2D eigenvalue weighted by molar-refractivity contribution is -0.151. The molecule has 0 radical (unpaired) electrons. The molecule has 1 rings (SSSR count). The highest BCUT2D eigenvalue weighted by Crippen LogP contribution is 2.18. The van der Waals surface area contributed by atoms with E-state index in [-0.39, 0.29) is 17.4 Å². The van der Waals surface area contributed by atoms with E-state index in [9.17, 15) is 24.9 Å². The van der Waals surface area contributed by atoms with Crippen LogP contribution in [0.4, 0.5) is 0 Å². The van der Waals surface area contributed by atoms with Crippen LogP contribution < -0.4 is 11.1 Å². The maximum Gasteiger partial charge on any atom is 0.252 e. The number of nitrogens with one attached hydrogen (secondary N) is 1.